The molecule has 7 heteroatoms. The van der Waals surface area contributed by atoms with E-state index in [-0.39, 0.29) is 11.7 Å². The maximum absolute atomic E-state index is 12.4. The van der Waals surface area contributed by atoms with E-state index < -0.39 is 0 Å². The number of aryl methyl sites for hydroxylation is 2. The van der Waals surface area contributed by atoms with Gasteiger partial charge in [0, 0.05) is 18.0 Å². The maximum atomic E-state index is 12.4. The predicted molar refractivity (Wildman–Crippen MR) is 132 cm³/mol. The van der Waals surface area contributed by atoms with Crippen molar-refractivity contribution < 1.29 is 4.79 Å². The Bertz CT molecular complexity index is 997. The minimum atomic E-state index is -0.0577. The van der Waals surface area contributed by atoms with Gasteiger partial charge >= 0.3 is 0 Å². The second kappa shape index (κ2) is 11.8. The van der Waals surface area contributed by atoms with Crippen LogP contribution in [-0.4, -0.2) is 26.4 Å². The number of hydrogen-bond acceptors (Lipinski definition) is 5. The first-order valence-electron chi connectivity index (χ1n) is 10.3. The molecule has 0 saturated carbocycles. The summed E-state index contributed by atoms with van der Waals surface area (Å²) < 4.78 is 2.03. The van der Waals surface area contributed by atoms with E-state index in [9.17, 15) is 4.79 Å². The summed E-state index contributed by atoms with van der Waals surface area (Å²) in [5.41, 5.74) is 4.62. The van der Waals surface area contributed by atoms with Crippen molar-refractivity contribution in [3.05, 3.63) is 83.7 Å². The van der Waals surface area contributed by atoms with Crippen LogP contribution in [0.1, 0.15) is 29.4 Å². The summed E-state index contributed by atoms with van der Waals surface area (Å²) in [5, 5.41) is 12.3. The van der Waals surface area contributed by atoms with Gasteiger partial charge in [-0.2, -0.15) is 0 Å². The van der Waals surface area contributed by atoms with Crippen LogP contribution in [0.4, 0.5) is 5.69 Å². The molecule has 1 heterocycles. The van der Waals surface area contributed by atoms with Gasteiger partial charge in [0.15, 0.2) is 5.16 Å². The van der Waals surface area contributed by atoms with Crippen LogP contribution in [0.25, 0.3) is 0 Å². The van der Waals surface area contributed by atoms with Crippen LogP contribution in [0.15, 0.2) is 66.3 Å². The third kappa shape index (κ3) is 7.01. The molecule has 0 bridgehead atoms. The molecule has 2 aromatic carbocycles. The van der Waals surface area contributed by atoms with Crippen molar-refractivity contribution in [1.29, 1.82) is 0 Å². The van der Waals surface area contributed by atoms with Crippen LogP contribution in [0, 0.1) is 6.92 Å². The van der Waals surface area contributed by atoms with Gasteiger partial charge in [-0.15, -0.1) is 28.5 Å². The molecule has 0 spiro atoms. The van der Waals surface area contributed by atoms with Crippen LogP contribution in [0.5, 0.6) is 0 Å². The number of carbonyl (C=O) groups is 1. The van der Waals surface area contributed by atoms with Crippen LogP contribution >= 0.6 is 23.5 Å². The van der Waals surface area contributed by atoms with Gasteiger partial charge in [0.05, 0.1) is 11.5 Å². The van der Waals surface area contributed by atoms with Gasteiger partial charge in [-0.05, 0) is 36.6 Å². The molecule has 31 heavy (non-hydrogen) atoms. The van der Waals surface area contributed by atoms with Gasteiger partial charge in [0.25, 0.3) is 0 Å². The number of anilines is 1. The van der Waals surface area contributed by atoms with Gasteiger partial charge in [-0.3, -0.25) is 4.79 Å². The Kier molecular flexibility index (Phi) is 8.79. The van der Waals surface area contributed by atoms with Crippen LogP contribution in [0.2, 0.25) is 0 Å². The van der Waals surface area contributed by atoms with E-state index >= 15 is 0 Å². The minimum absolute atomic E-state index is 0.0577. The average Bonchev–Trinajstić information content (AvgIpc) is 3.16. The molecule has 0 aliphatic heterocycles. The summed E-state index contributed by atoms with van der Waals surface area (Å²) in [6.45, 7) is 8.67. The molecule has 0 atom stereocenters. The molecular formula is C24H28N4OS2. The van der Waals surface area contributed by atoms with Crippen LogP contribution < -0.4 is 5.32 Å². The number of thioether (sulfide) groups is 2. The Morgan fingerprint density at radius 3 is 2.45 bits per heavy atom. The largest absolute Gasteiger partial charge is 0.325 e. The zero-order chi connectivity index (χ0) is 22.1. The predicted octanol–water partition coefficient (Wildman–Crippen LogP) is 5.50. The summed E-state index contributed by atoms with van der Waals surface area (Å²) in [4.78, 5) is 12.4. The van der Waals surface area contributed by atoms with E-state index in [1.807, 2.05) is 34.9 Å². The minimum Gasteiger partial charge on any atom is -0.325 e. The Hall–Kier alpha value is -2.51. The van der Waals surface area contributed by atoms with Crippen molar-refractivity contribution in [3.63, 3.8) is 0 Å². The van der Waals surface area contributed by atoms with E-state index in [0.29, 0.717) is 6.54 Å². The van der Waals surface area contributed by atoms with Crippen molar-refractivity contribution >= 4 is 35.1 Å². The Labute approximate surface area is 192 Å². The number of allylic oxidation sites excluding steroid dienone is 1. The number of rotatable bonds is 11. The molecule has 1 amide bonds. The highest BCUT2D eigenvalue weighted by atomic mass is 32.2. The number of aromatic nitrogens is 3. The van der Waals surface area contributed by atoms with Crippen molar-refractivity contribution in [2.24, 2.45) is 0 Å². The first kappa shape index (κ1) is 23.2. The summed E-state index contributed by atoms with van der Waals surface area (Å²) >= 11 is 3.20. The zero-order valence-electron chi connectivity index (χ0n) is 18.0. The number of carbonyl (C=O) groups excluding carboxylic acids is 1. The van der Waals surface area contributed by atoms with Crippen molar-refractivity contribution in [1.82, 2.24) is 14.8 Å². The number of nitrogens with zero attached hydrogens (tertiary/aromatic N) is 3. The third-order valence-corrected chi connectivity index (χ3v) is 6.67. The molecule has 0 radical (unpaired) electrons. The maximum Gasteiger partial charge on any atom is 0.234 e. The van der Waals surface area contributed by atoms with Crippen molar-refractivity contribution in [2.75, 3.05) is 11.1 Å². The monoisotopic (exact) mass is 452 g/mol. The van der Waals surface area contributed by atoms with Crippen molar-refractivity contribution in [3.8, 4) is 0 Å². The van der Waals surface area contributed by atoms with Gasteiger partial charge < -0.3 is 9.88 Å². The molecule has 3 aromatic rings. The number of benzene rings is 2. The second-order valence-electron chi connectivity index (χ2n) is 7.16. The number of amides is 1. The van der Waals surface area contributed by atoms with Crippen LogP contribution in [0.3, 0.4) is 0 Å². The molecule has 0 aliphatic rings. The lowest BCUT2D eigenvalue weighted by molar-refractivity contribution is -0.113. The van der Waals surface area contributed by atoms with E-state index in [1.54, 1.807) is 11.8 Å². The Balaban J connectivity index is 1.54. The highest BCUT2D eigenvalue weighted by Crippen LogP contribution is 2.22. The highest BCUT2D eigenvalue weighted by molar-refractivity contribution is 7.99. The van der Waals surface area contributed by atoms with E-state index in [1.165, 1.54) is 28.5 Å². The molecule has 0 fully saturated rings. The molecule has 0 aliphatic carbocycles. The second-order valence-corrected chi connectivity index (χ2v) is 9.09. The fraction of sp³-hybridized carbons (Fsp3) is 0.292. The molecule has 1 aromatic heterocycles. The quantitative estimate of drug-likeness (QED) is 0.307. The lowest BCUT2D eigenvalue weighted by Gasteiger charge is -2.08. The SMILES string of the molecule is C=CCn1c(CSCc2ccc(C)cc2)nnc1SCC(=O)Nc1ccc(CC)cc1. The average molecular weight is 453 g/mol. The van der Waals surface area contributed by atoms with Crippen molar-refractivity contribution in [2.45, 2.75) is 43.5 Å². The number of hydrogen-bond donors (Lipinski definition) is 1. The summed E-state index contributed by atoms with van der Waals surface area (Å²) in [5.74, 6) is 2.79. The fourth-order valence-corrected chi connectivity index (χ4v) is 4.63. The first-order chi connectivity index (χ1) is 15.1. The topological polar surface area (TPSA) is 59.8 Å². The number of nitrogens with one attached hydrogen (secondary N) is 1. The van der Waals surface area contributed by atoms with Gasteiger partial charge in [0.1, 0.15) is 5.82 Å². The molecule has 5 nitrogen and oxygen atoms in total. The molecule has 162 valence electrons. The summed E-state index contributed by atoms with van der Waals surface area (Å²) in [7, 11) is 0. The highest BCUT2D eigenvalue weighted by Gasteiger charge is 2.14. The Morgan fingerprint density at radius 2 is 1.77 bits per heavy atom. The zero-order valence-corrected chi connectivity index (χ0v) is 19.6. The lowest BCUT2D eigenvalue weighted by atomic mass is 10.1. The Morgan fingerprint density at radius 1 is 1.06 bits per heavy atom. The van der Waals surface area contributed by atoms with Gasteiger partial charge in [0.2, 0.25) is 5.91 Å². The molecule has 1 N–H and O–H groups in total. The molecule has 0 unspecified atom stereocenters. The molecular weight excluding hydrogens is 424 g/mol. The van der Waals surface area contributed by atoms with Gasteiger partial charge in [-0.25, -0.2) is 0 Å². The van der Waals surface area contributed by atoms with Gasteiger partial charge in [-0.1, -0.05) is 66.7 Å². The lowest BCUT2D eigenvalue weighted by Crippen LogP contribution is -2.14. The summed E-state index contributed by atoms with van der Waals surface area (Å²) in [6.07, 6.45) is 2.81. The van der Waals surface area contributed by atoms with E-state index in [2.05, 4.69) is 60.2 Å². The smallest absolute Gasteiger partial charge is 0.234 e. The third-order valence-electron chi connectivity index (χ3n) is 4.70. The molecule has 3 rings (SSSR count). The normalized spacial score (nSPS) is 10.8. The summed E-state index contributed by atoms with van der Waals surface area (Å²) in [6, 6.07) is 16.5. The fourth-order valence-electron chi connectivity index (χ4n) is 2.94. The van der Waals surface area contributed by atoms with E-state index in [4.69, 9.17) is 0 Å². The van der Waals surface area contributed by atoms with Crippen LogP contribution in [-0.2, 0) is 29.3 Å². The first-order valence-corrected chi connectivity index (χ1v) is 12.4. The molecule has 0 saturated heterocycles. The standard InChI is InChI=1S/C24H28N4OS2/c1-4-14-28-22(16-30-15-20-8-6-18(3)7-9-20)26-27-24(28)31-17-23(29)25-21-12-10-19(5-2)11-13-21/h4,6-13H,1,5,14-17H2,2-3H3,(H,25,29). The van der Waals surface area contributed by atoms with E-state index in [0.717, 1.165) is 34.6 Å².